The largest absolute Gasteiger partial charge is 0.497 e. The normalized spacial score (nSPS) is 15.0. The van der Waals surface area contributed by atoms with Crippen LogP contribution in [0.2, 0.25) is 0 Å². The van der Waals surface area contributed by atoms with Crippen LogP contribution in [-0.2, 0) is 0 Å². The Morgan fingerprint density at radius 3 is 2.56 bits per heavy atom. The lowest BCUT2D eigenvalue weighted by atomic mass is 9.98. The molecule has 0 N–H and O–H groups in total. The van der Waals surface area contributed by atoms with E-state index in [1.54, 1.807) is 24.1 Å². The Labute approximate surface area is 210 Å². The van der Waals surface area contributed by atoms with E-state index in [2.05, 4.69) is 0 Å². The molecule has 6 rings (SSSR count). The van der Waals surface area contributed by atoms with Crippen LogP contribution < -0.4 is 19.8 Å². The van der Waals surface area contributed by atoms with Gasteiger partial charge in [-0.15, -0.1) is 0 Å². The van der Waals surface area contributed by atoms with Crippen LogP contribution in [0.3, 0.4) is 0 Å². The molecule has 0 aliphatic carbocycles. The van der Waals surface area contributed by atoms with Crippen LogP contribution in [0.5, 0.6) is 11.5 Å². The number of benzene rings is 3. The first-order chi connectivity index (χ1) is 17.5. The molecule has 3 aromatic carbocycles. The summed E-state index contributed by atoms with van der Waals surface area (Å²) in [5, 5.41) is 0.932. The smallest absolute Gasteiger partial charge is 0.297 e. The highest BCUT2D eigenvalue weighted by molar-refractivity contribution is 7.22. The molecule has 0 bridgehead atoms. The molecule has 8 heteroatoms. The molecule has 180 valence electrons. The van der Waals surface area contributed by atoms with Gasteiger partial charge in [0.1, 0.15) is 17.1 Å². The lowest BCUT2D eigenvalue weighted by molar-refractivity contribution is 0.0971. The van der Waals surface area contributed by atoms with E-state index in [1.165, 1.54) is 11.3 Å². The number of rotatable bonds is 5. The van der Waals surface area contributed by atoms with Crippen molar-refractivity contribution in [2.24, 2.45) is 0 Å². The standard InChI is InChI=1S/C28H22N2O5S/c1-4-34-17-8-6-16(7-9-17)24-23-25(31)19-13-15(2)5-12-21(19)35-26(23)27(32)30(24)28-29-20-11-10-18(33-3)14-22(20)36-28/h5-14,24H,4H2,1-3H3/t24-/m1/s1. The van der Waals surface area contributed by atoms with Crippen LogP contribution in [0.4, 0.5) is 5.13 Å². The fourth-order valence-corrected chi connectivity index (χ4v) is 5.66. The molecule has 0 fully saturated rings. The Bertz CT molecular complexity index is 1700. The monoisotopic (exact) mass is 498 g/mol. The minimum Gasteiger partial charge on any atom is -0.497 e. The van der Waals surface area contributed by atoms with Crippen molar-refractivity contribution in [2.45, 2.75) is 19.9 Å². The van der Waals surface area contributed by atoms with Gasteiger partial charge in [-0.1, -0.05) is 35.1 Å². The average Bonchev–Trinajstić information content (AvgIpc) is 3.43. The quantitative estimate of drug-likeness (QED) is 0.302. The van der Waals surface area contributed by atoms with Crippen molar-refractivity contribution in [3.8, 4) is 11.5 Å². The van der Waals surface area contributed by atoms with E-state index in [9.17, 15) is 9.59 Å². The summed E-state index contributed by atoms with van der Waals surface area (Å²) >= 11 is 1.37. The maximum absolute atomic E-state index is 13.8. The Morgan fingerprint density at radius 2 is 1.81 bits per heavy atom. The Kier molecular flexibility index (Phi) is 5.26. The minimum absolute atomic E-state index is 0.0482. The third kappa shape index (κ3) is 3.45. The van der Waals surface area contributed by atoms with E-state index >= 15 is 0 Å². The molecule has 1 aliphatic rings. The molecule has 36 heavy (non-hydrogen) atoms. The van der Waals surface area contributed by atoms with Crippen LogP contribution in [0.25, 0.3) is 21.2 Å². The van der Waals surface area contributed by atoms with E-state index < -0.39 is 11.9 Å². The molecule has 7 nitrogen and oxygen atoms in total. The third-order valence-corrected chi connectivity index (χ3v) is 7.34. The zero-order chi connectivity index (χ0) is 25.0. The van der Waals surface area contributed by atoms with Gasteiger partial charge in [0.25, 0.3) is 5.91 Å². The molecule has 0 saturated heterocycles. The number of amides is 1. The van der Waals surface area contributed by atoms with E-state index in [0.717, 1.165) is 21.3 Å². The van der Waals surface area contributed by atoms with Crippen molar-refractivity contribution in [1.29, 1.82) is 0 Å². The Hall–Kier alpha value is -4.17. The van der Waals surface area contributed by atoms with Crippen molar-refractivity contribution in [2.75, 3.05) is 18.6 Å². The minimum atomic E-state index is -0.688. The maximum atomic E-state index is 13.8. The first-order valence-electron chi connectivity index (χ1n) is 11.6. The SMILES string of the molecule is CCOc1ccc([C@@H]2c3c(oc4ccc(C)cc4c3=O)C(=O)N2c2nc3ccc(OC)cc3s2)cc1. The number of aryl methyl sites for hydroxylation is 1. The number of ether oxygens (including phenoxy) is 2. The van der Waals surface area contributed by atoms with Crippen LogP contribution >= 0.6 is 11.3 Å². The predicted octanol–water partition coefficient (Wildman–Crippen LogP) is 5.87. The van der Waals surface area contributed by atoms with Crippen LogP contribution in [0, 0.1) is 6.92 Å². The van der Waals surface area contributed by atoms with Gasteiger partial charge in [0.05, 0.1) is 40.9 Å². The molecule has 1 aliphatic heterocycles. The van der Waals surface area contributed by atoms with Crippen LogP contribution in [0.1, 0.15) is 40.2 Å². The van der Waals surface area contributed by atoms with Crippen molar-refractivity contribution in [3.63, 3.8) is 0 Å². The zero-order valence-electron chi connectivity index (χ0n) is 19.9. The lowest BCUT2D eigenvalue weighted by Gasteiger charge is -2.22. The van der Waals surface area contributed by atoms with Crippen molar-refractivity contribution >= 4 is 43.6 Å². The van der Waals surface area contributed by atoms with Crippen LogP contribution in [0.15, 0.2) is 69.9 Å². The first kappa shape index (κ1) is 22.3. The van der Waals surface area contributed by atoms with Gasteiger partial charge in [0, 0.05) is 0 Å². The summed E-state index contributed by atoms with van der Waals surface area (Å²) < 4.78 is 17.9. The number of thiazole rings is 1. The summed E-state index contributed by atoms with van der Waals surface area (Å²) in [5.74, 6) is 1.07. The number of carbonyl (C=O) groups is 1. The van der Waals surface area contributed by atoms with Gasteiger partial charge in [-0.05, 0) is 61.9 Å². The van der Waals surface area contributed by atoms with Crippen molar-refractivity contribution in [1.82, 2.24) is 4.98 Å². The maximum Gasteiger partial charge on any atom is 0.297 e. The van der Waals surface area contributed by atoms with Crippen LogP contribution in [-0.4, -0.2) is 24.6 Å². The molecule has 0 unspecified atom stereocenters. The van der Waals surface area contributed by atoms with E-state index in [4.69, 9.17) is 18.9 Å². The third-order valence-electron chi connectivity index (χ3n) is 6.32. The van der Waals surface area contributed by atoms with Crippen molar-refractivity contribution in [3.05, 3.63) is 93.3 Å². The molecular formula is C28H22N2O5S. The molecule has 0 saturated carbocycles. The van der Waals surface area contributed by atoms with Crippen molar-refractivity contribution < 1.29 is 18.7 Å². The van der Waals surface area contributed by atoms with E-state index in [-0.39, 0.29) is 11.2 Å². The second-order valence-corrected chi connectivity index (χ2v) is 9.59. The topological polar surface area (TPSA) is 81.9 Å². The second-order valence-electron chi connectivity index (χ2n) is 8.58. The first-order valence-corrected chi connectivity index (χ1v) is 12.4. The molecule has 0 radical (unpaired) electrons. The summed E-state index contributed by atoms with van der Waals surface area (Å²) in [5.41, 5.74) is 2.94. The number of carbonyl (C=O) groups excluding carboxylic acids is 1. The fourth-order valence-electron chi connectivity index (χ4n) is 4.64. The number of hydrogen-bond donors (Lipinski definition) is 0. The lowest BCUT2D eigenvalue weighted by Crippen LogP contribution is -2.29. The number of hydrogen-bond acceptors (Lipinski definition) is 7. The highest BCUT2D eigenvalue weighted by Gasteiger charge is 2.45. The number of methoxy groups -OCH3 is 1. The van der Waals surface area contributed by atoms with Gasteiger partial charge < -0.3 is 13.9 Å². The number of aromatic nitrogens is 1. The van der Waals surface area contributed by atoms with Gasteiger partial charge in [0.15, 0.2) is 10.6 Å². The molecule has 0 spiro atoms. The predicted molar refractivity (Wildman–Crippen MR) is 140 cm³/mol. The summed E-state index contributed by atoms with van der Waals surface area (Å²) in [4.78, 5) is 33.9. The Balaban J connectivity index is 1.58. The van der Waals surface area contributed by atoms with Gasteiger partial charge in [-0.25, -0.2) is 4.98 Å². The molecule has 2 aromatic heterocycles. The molecule has 1 amide bonds. The highest BCUT2D eigenvalue weighted by Crippen LogP contribution is 2.44. The van der Waals surface area contributed by atoms with Gasteiger partial charge in [-0.3, -0.25) is 14.5 Å². The van der Waals surface area contributed by atoms with Gasteiger partial charge in [-0.2, -0.15) is 0 Å². The highest BCUT2D eigenvalue weighted by atomic mass is 32.1. The number of nitrogens with zero attached hydrogens (tertiary/aromatic N) is 2. The Morgan fingerprint density at radius 1 is 1.03 bits per heavy atom. The average molecular weight is 499 g/mol. The molecular weight excluding hydrogens is 476 g/mol. The van der Waals surface area contributed by atoms with Gasteiger partial charge in [0.2, 0.25) is 5.76 Å². The summed E-state index contributed by atoms with van der Waals surface area (Å²) in [6.07, 6.45) is 0. The van der Waals surface area contributed by atoms with Gasteiger partial charge >= 0.3 is 0 Å². The number of fused-ring (bicyclic) bond motifs is 3. The fraction of sp³-hybridized carbons (Fsp3) is 0.179. The molecule has 5 aromatic rings. The second kappa shape index (κ2) is 8.49. The molecule has 1 atom stereocenters. The zero-order valence-corrected chi connectivity index (χ0v) is 20.7. The summed E-state index contributed by atoms with van der Waals surface area (Å²) in [6, 6.07) is 17.7. The van der Waals surface area contributed by atoms with E-state index in [0.29, 0.717) is 39.8 Å². The molecule has 3 heterocycles. The number of anilines is 1. The van der Waals surface area contributed by atoms with E-state index in [1.807, 2.05) is 62.4 Å². The summed E-state index contributed by atoms with van der Waals surface area (Å²) in [6.45, 7) is 4.38. The summed E-state index contributed by atoms with van der Waals surface area (Å²) in [7, 11) is 1.61.